The van der Waals surface area contributed by atoms with Crippen LogP contribution in [0.15, 0.2) is 10.9 Å². The molecule has 4 heteroatoms. The molecule has 1 unspecified atom stereocenters. The maximum absolute atomic E-state index is 11.9. The molecule has 0 aliphatic carbocycles. The monoisotopic (exact) mass is 247 g/mol. The Labute approximate surface area is 107 Å². The van der Waals surface area contributed by atoms with E-state index in [1.54, 1.807) is 27.7 Å². The Hall–Kier alpha value is -2.02. The Balaban J connectivity index is 3.51. The van der Waals surface area contributed by atoms with E-state index in [0.717, 1.165) is 0 Å². The lowest BCUT2D eigenvalue weighted by molar-refractivity contribution is 0.0523. The molecule has 1 atom stereocenters. The quantitative estimate of drug-likeness (QED) is 0.605. The first-order valence-corrected chi connectivity index (χ1v) is 5.80. The van der Waals surface area contributed by atoms with Crippen LogP contribution in [-0.4, -0.2) is 17.1 Å². The fraction of sp³-hybridized carbons (Fsp3) is 0.429. The van der Waals surface area contributed by atoms with E-state index in [-0.39, 0.29) is 5.56 Å². The Kier molecular flexibility index (Phi) is 4.33. The largest absolute Gasteiger partial charge is 0.462 e. The Bertz CT molecular complexity index is 564. The van der Waals surface area contributed by atoms with Gasteiger partial charge in [0.15, 0.2) is 0 Å². The zero-order chi connectivity index (χ0) is 13.9. The SMILES string of the molecule is C#CC(C)n1c(C)c(C(=O)OCC)c(C)cc1=O. The van der Waals surface area contributed by atoms with Crippen molar-refractivity contribution in [1.29, 1.82) is 0 Å². The zero-order valence-corrected chi connectivity index (χ0v) is 11.1. The van der Waals surface area contributed by atoms with Crippen LogP contribution in [0.4, 0.5) is 0 Å². The average molecular weight is 247 g/mol. The molecule has 0 spiro atoms. The van der Waals surface area contributed by atoms with E-state index < -0.39 is 12.0 Å². The summed E-state index contributed by atoms with van der Waals surface area (Å²) in [7, 11) is 0. The molecule has 0 saturated heterocycles. The number of hydrogen-bond donors (Lipinski definition) is 0. The molecule has 1 rings (SSSR count). The van der Waals surface area contributed by atoms with Crippen LogP contribution in [0.2, 0.25) is 0 Å². The first kappa shape index (κ1) is 14.0. The molecule has 96 valence electrons. The van der Waals surface area contributed by atoms with Crippen molar-refractivity contribution < 1.29 is 9.53 Å². The molecule has 4 nitrogen and oxygen atoms in total. The average Bonchev–Trinajstić information content (AvgIpc) is 2.28. The number of esters is 1. The van der Waals surface area contributed by atoms with Crippen LogP contribution in [0.3, 0.4) is 0 Å². The fourth-order valence-corrected chi connectivity index (χ4v) is 1.97. The summed E-state index contributed by atoms with van der Waals surface area (Å²) < 4.78 is 6.42. The number of ether oxygens (including phenoxy) is 1. The lowest BCUT2D eigenvalue weighted by Crippen LogP contribution is -2.28. The first-order chi connectivity index (χ1) is 8.43. The summed E-state index contributed by atoms with van der Waals surface area (Å²) in [6.45, 7) is 7.18. The van der Waals surface area contributed by atoms with Crippen LogP contribution in [0.1, 0.15) is 41.5 Å². The molecular weight excluding hydrogens is 230 g/mol. The van der Waals surface area contributed by atoms with Gasteiger partial charge in [-0.1, -0.05) is 5.92 Å². The molecule has 1 aromatic heterocycles. The van der Waals surface area contributed by atoms with Gasteiger partial charge in [0.2, 0.25) is 0 Å². The van der Waals surface area contributed by atoms with Gasteiger partial charge in [0, 0.05) is 11.8 Å². The summed E-state index contributed by atoms with van der Waals surface area (Å²) in [5.74, 6) is 2.07. The smallest absolute Gasteiger partial charge is 0.340 e. The minimum atomic E-state index is -0.425. The van der Waals surface area contributed by atoms with E-state index in [1.807, 2.05) is 0 Å². The minimum Gasteiger partial charge on any atom is -0.462 e. The van der Waals surface area contributed by atoms with Crippen LogP contribution in [0.25, 0.3) is 0 Å². The highest BCUT2D eigenvalue weighted by atomic mass is 16.5. The molecule has 1 aromatic rings. The van der Waals surface area contributed by atoms with Gasteiger partial charge < -0.3 is 4.74 Å². The second-order valence-corrected chi connectivity index (χ2v) is 4.06. The second-order valence-electron chi connectivity index (χ2n) is 4.06. The Morgan fingerprint density at radius 3 is 2.67 bits per heavy atom. The topological polar surface area (TPSA) is 48.3 Å². The summed E-state index contributed by atoms with van der Waals surface area (Å²) in [6.07, 6.45) is 5.34. The Morgan fingerprint density at radius 1 is 1.56 bits per heavy atom. The molecule has 0 aliphatic rings. The normalized spacial score (nSPS) is 11.7. The van der Waals surface area contributed by atoms with Gasteiger partial charge >= 0.3 is 5.97 Å². The molecule has 1 heterocycles. The molecule has 0 aromatic carbocycles. The number of hydrogen-bond acceptors (Lipinski definition) is 3. The van der Waals surface area contributed by atoms with Crippen LogP contribution in [-0.2, 0) is 4.74 Å². The van der Waals surface area contributed by atoms with Gasteiger partial charge in [0.25, 0.3) is 5.56 Å². The molecular formula is C14H17NO3. The van der Waals surface area contributed by atoms with E-state index in [2.05, 4.69) is 5.92 Å². The number of carbonyl (C=O) groups excluding carboxylic acids is 1. The maximum Gasteiger partial charge on any atom is 0.340 e. The third kappa shape index (κ3) is 2.45. The van der Waals surface area contributed by atoms with Gasteiger partial charge in [-0.15, -0.1) is 6.42 Å². The van der Waals surface area contributed by atoms with Gasteiger partial charge in [-0.05, 0) is 33.3 Å². The molecule has 0 amide bonds. The van der Waals surface area contributed by atoms with Gasteiger partial charge in [-0.3, -0.25) is 9.36 Å². The highest BCUT2D eigenvalue weighted by Gasteiger charge is 2.19. The van der Waals surface area contributed by atoms with Crippen molar-refractivity contribution in [3.05, 3.63) is 33.2 Å². The summed E-state index contributed by atoms with van der Waals surface area (Å²) in [4.78, 5) is 23.8. The fourth-order valence-electron chi connectivity index (χ4n) is 1.97. The van der Waals surface area contributed by atoms with Crippen molar-refractivity contribution in [1.82, 2.24) is 4.57 Å². The molecule has 0 bridgehead atoms. The van der Waals surface area contributed by atoms with E-state index in [0.29, 0.717) is 23.4 Å². The van der Waals surface area contributed by atoms with Crippen molar-refractivity contribution in [2.75, 3.05) is 6.61 Å². The molecule has 0 N–H and O–H groups in total. The lowest BCUT2D eigenvalue weighted by Gasteiger charge is -2.17. The summed E-state index contributed by atoms with van der Waals surface area (Å²) >= 11 is 0. The highest BCUT2D eigenvalue weighted by Crippen LogP contribution is 2.16. The third-order valence-electron chi connectivity index (χ3n) is 2.80. The predicted molar refractivity (Wildman–Crippen MR) is 69.7 cm³/mol. The van der Waals surface area contributed by atoms with Gasteiger partial charge in [0.05, 0.1) is 18.2 Å². The zero-order valence-electron chi connectivity index (χ0n) is 11.1. The summed E-state index contributed by atoms with van der Waals surface area (Å²) in [5, 5.41) is 0. The molecule has 0 radical (unpaired) electrons. The van der Waals surface area contributed by atoms with Gasteiger partial charge in [-0.25, -0.2) is 4.79 Å². The van der Waals surface area contributed by atoms with Crippen molar-refractivity contribution >= 4 is 5.97 Å². The van der Waals surface area contributed by atoms with E-state index in [1.165, 1.54) is 10.6 Å². The molecule has 0 aliphatic heterocycles. The van der Waals surface area contributed by atoms with Gasteiger partial charge in [-0.2, -0.15) is 0 Å². The second kappa shape index (κ2) is 5.54. The summed E-state index contributed by atoms with van der Waals surface area (Å²) in [5.41, 5.74) is 1.36. The van der Waals surface area contributed by atoms with E-state index >= 15 is 0 Å². The summed E-state index contributed by atoms with van der Waals surface area (Å²) in [6, 6.07) is 1.01. The van der Waals surface area contributed by atoms with Crippen molar-refractivity contribution in [3.63, 3.8) is 0 Å². The van der Waals surface area contributed by atoms with E-state index in [9.17, 15) is 9.59 Å². The van der Waals surface area contributed by atoms with Crippen LogP contribution >= 0.6 is 0 Å². The van der Waals surface area contributed by atoms with Crippen LogP contribution in [0, 0.1) is 26.2 Å². The number of pyridine rings is 1. The van der Waals surface area contributed by atoms with E-state index in [4.69, 9.17) is 11.2 Å². The predicted octanol–water partition coefficient (Wildman–Crippen LogP) is 1.84. The lowest BCUT2D eigenvalue weighted by atomic mass is 10.1. The van der Waals surface area contributed by atoms with Crippen molar-refractivity contribution in [2.45, 2.75) is 33.7 Å². The standard InChI is InChI=1S/C14H17NO3/c1-6-10(4)15-11(5)13(14(17)18-7-2)9(3)8-12(15)16/h1,8,10H,7H2,2-5H3. The number of terminal acetylenes is 1. The Morgan fingerprint density at radius 2 is 2.17 bits per heavy atom. The van der Waals surface area contributed by atoms with Crippen molar-refractivity contribution in [3.8, 4) is 12.3 Å². The minimum absolute atomic E-state index is 0.205. The maximum atomic E-state index is 11.9. The van der Waals surface area contributed by atoms with Gasteiger partial charge in [0.1, 0.15) is 0 Å². The van der Waals surface area contributed by atoms with Crippen LogP contribution in [0.5, 0.6) is 0 Å². The number of carbonyl (C=O) groups is 1. The molecule has 0 saturated carbocycles. The number of aromatic nitrogens is 1. The molecule has 18 heavy (non-hydrogen) atoms. The highest BCUT2D eigenvalue weighted by molar-refractivity contribution is 5.92. The first-order valence-electron chi connectivity index (χ1n) is 5.80. The number of aryl methyl sites for hydroxylation is 1. The number of rotatable bonds is 3. The van der Waals surface area contributed by atoms with Crippen LogP contribution < -0.4 is 5.56 Å². The molecule has 0 fully saturated rings. The number of nitrogens with zero attached hydrogens (tertiary/aromatic N) is 1. The van der Waals surface area contributed by atoms with Crippen molar-refractivity contribution in [2.24, 2.45) is 0 Å². The third-order valence-corrected chi connectivity index (χ3v) is 2.80.